The van der Waals surface area contributed by atoms with Gasteiger partial charge in [0.05, 0.1) is 11.7 Å². The third-order valence-corrected chi connectivity index (χ3v) is 2.78. The molecule has 1 aromatic carbocycles. The van der Waals surface area contributed by atoms with Crippen molar-refractivity contribution in [2.75, 3.05) is 11.5 Å². The Hall–Kier alpha value is -2.49. The summed E-state index contributed by atoms with van der Waals surface area (Å²) in [6, 6.07) is 13.4. The maximum Gasteiger partial charge on any atom is 0.148 e. The minimum absolute atomic E-state index is 0.651. The molecule has 3 aromatic rings. The van der Waals surface area contributed by atoms with E-state index in [0.717, 1.165) is 16.9 Å². The molecule has 0 unspecified atom stereocenters. The van der Waals surface area contributed by atoms with Crippen LogP contribution in [-0.2, 0) is 0 Å². The molecule has 4 heteroatoms. The van der Waals surface area contributed by atoms with Gasteiger partial charge in [0.25, 0.3) is 0 Å². The number of aromatic nitrogens is 2. The molecule has 2 heterocycles. The number of para-hydroxylation sites is 1. The van der Waals surface area contributed by atoms with E-state index in [9.17, 15) is 0 Å². The summed E-state index contributed by atoms with van der Waals surface area (Å²) < 4.78 is 1.89. The average Bonchev–Trinajstić information content (AvgIpc) is 2.75. The zero-order valence-corrected chi connectivity index (χ0v) is 9.17. The Labute approximate surface area is 98.5 Å². The highest BCUT2D eigenvalue weighted by molar-refractivity contribution is 5.75. The van der Waals surface area contributed by atoms with Crippen LogP contribution in [0, 0.1) is 0 Å². The lowest BCUT2D eigenvalue weighted by molar-refractivity contribution is 1.17. The van der Waals surface area contributed by atoms with E-state index in [0.29, 0.717) is 11.5 Å². The fourth-order valence-electron chi connectivity index (χ4n) is 1.96. The predicted molar refractivity (Wildman–Crippen MR) is 69.5 cm³/mol. The summed E-state index contributed by atoms with van der Waals surface area (Å²) in [5.41, 5.74) is 14.5. The number of anilines is 2. The highest BCUT2D eigenvalue weighted by atomic mass is 15.1. The van der Waals surface area contributed by atoms with E-state index in [1.807, 2.05) is 46.9 Å². The number of pyridine rings is 1. The number of rotatable bonds is 1. The summed E-state index contributed by atoms with van der Waals surface area (Å²) in [7, 11) is 0. The van der Waals surface area contributed by atoms with Gasteiger partial charge in [-0.3, -0.25) is 4.40 Å². The van der Waals surface area contributed by atoms with Crippen LogP contribution in [0.5, 0.6) is 0 Å². The molecular formula is C13H12N4. The van der Waals surface area contributed by atoms with Crippen LogP contribution in [0.25, 0.3) is 16.9 Å². The lowest BCUT2D eigenvalue weighted by atomic mass is 10.1. The first-order chi connectivity index (χ1) is 8.27. The van der Waals surface area contributed by atoms with Gasteiger partial charge in [-0.25, -0.2) is 4.98 Å². The van der Waals surface area contributed by atoms with Crippen LogP contribution in [0.2, 0.25) is 0 Å². The SMILES string of the molecule is Nc1ccccc1-c1ncc2cccc(N)n12. The summed E-state index contributed by atoms with van der Waals surface area (Å²) >= 11 is 0. The van der Waals surface area contributed by atoms with Crippen LogP contribution in [-0.4, -0.2) is 9.38 Å². The molecule has 3 rings (SSSR count). The summed E-state index contributed by atoms with van der Waals surface area (Å²) in [4.78, 5) is 4.39. The monoisotopic (exact) mass is 224 g/mol. The molecule has 0 saturated carbocycles. The van der Waals surface area contributed by atoms with Crippen LogP contribution >= 0.6 is 0 Å². The molecule has 0 radical (unpaired) electrons. The molecule has 0 spiro atoms. The molecule has 17 heavy (non-hydrogen) atoms. The third kappa shape index (κ3) is 1.42. The van der Waals surface area contributed by atoms with Crippen molar-refractivity contribution in [3.05, 3.63) is 48.7 Å². The van der Waals surface area contributed by atoms with Gasteiger partial charge >= 0.3 is 0 Å². The topological polar surface area (TPSA) is 69.3 Å². The molecule has 0 atom stereocenters. The van der Waals surface area contributed by atoms with Crippen molar-refractivity contribution in [2.24, 2.45) is 0 Å². The molecule has 0 bridgehead atoms. The largest absolute Gasteiger partial charge is 0.398 e. The molecular weight excluding hydrogens is 212 g/mol. The second-order valence-corrected chi connectivity index (χ2v) is 3.88. The lowest BCUT2D eigenvalue weighted by Crippen LogP contribution is -1.99. The molecule has 0 aliphatic carbocycles. The highest BCUT2D eigenvalue weighted by Gasteiger charge is 2.10. The Morgan fingerprint density at radius 2 is 1.76 bits per heavy atom. The van der Waals surface area contributed by atoms with E-state index in [1.54, 1.807) is 6.20 Å². The number of fused-ring (bicyclic) bond motifs is 1. The minimum atomic E-state index is 0.651. The second kappa shape index (κ2) is 3.52. The van der Waals surface area contributed by atoms with Gasteiger partial charge in [-0.1, -0.05) is 18.2 Å². The Kier molecular flexibility index (Phi) is 2.01. The van der Waals surface area contributed by atoms with Gasteiger partial charge in [0.15, 0.2) is 0 Å². The first-order valence-electron chi connectivity index (χ1n) is 5.34. The summed E-state index contributed by atoms with van der Waals surface area (Å²) in [5, 5.41) is 0. The molecule has 0 saturated heterocycles. The Morgan fingerprint density at radius 1 is 0.941 bits per heavy atom. The minimum Gasteiger partial charge on any atom is -0.398 e. The van der Waals surface area contributed by atoms with Crippen molar-refractivity contribution < 1.29 is 0 Å². The molecule has 0 aliphatic heterocycles. The molecule has 4 N–H and O–H groups in total. The van der Waals surface area contributed by atoms with E-state index < -0.39 is 0 Å². The van der Waals surface area contributed by atoms with Gasteiger partial charge in [0.2, 0.25) is 0 Å². The standard InChI is InChI=1S/C13H12N4/c14-11-6-2-1-5-10(11)13-16-8-9-4-3-7-12(15)17(9)13/h1-8H,14-15H2. The van der Waals surface area contributed by atoms with Crippen molar-refractivity contribution in [1.29, 1.82) is 0 Å². The van der Waals surface area contributed by atoms with Crippen LogP contribution < -0.4 is 11.5 Å². The number of imidazole rings is 1. The second-order valence-electron chi connectivity index (χ2n) is 3.88. The number of hydrogen-bond acceptors (Lipinski definition) is 3. The van der Waals surface area contributed by atoms with Crippen molar-refractivity contribution in [3.63, 3.8) is 0 Å². The average molecular weight is 224 g/mol. The van der Waals surface area contributed by atoms with E-state index in [2.05, 4.69) is 4.98 Å². The number of nitrogens with two attached hydrogens (primary N) is 2. The third-order valence-electron chi connectivity index (χ3n) is 2.78. The van der Waals surface area contributed by atoms with Gasteiger partial charge in [0, 0.05) is 11.3 Å². The number of hydrogen-bond donors (Lipinski definition) is 2. The maximum atomic E-state index is 5.97. The number of benzene rings is 1. The summed E-state index contributed by atoms with van der Waals surface area (Å²) in [6.07, 6.45) is 1.79. The summed E-state index contributed by atoms with van der Waals surface area (Å²) in [6.45, 7) is 0. The lowest BCUT2D eigenvalue weighted by Gasteiger charge is -2.06. The van der Waals surface area contributed by atoms with Crippen molar-refractivity contribution in [3.8, 4) is 11.4 Å². The first-order valence-corrected chi connectivity index (χ1v) is 5.34. The molecule has 0 amide bonds. The van der Waals surface area contributed by atoms with Crippen molar-refractivity contribution in [2.45, 2.75) is 0 Å². The molecule has 0 fully saturated rings. The maximum absolute atomic E-state index is 5.97. The van der Waals surface area contributed by atoms with Crippen LogP contribution in [0.3, 0.4) is 0 Å². The van der Waals surface area contributed by atoms with E-state index >= 15 is 0 Å². The van der Waals surface area contributed by atoms with Gasteiger partial charge in [-0.05, 0) is 24.3 Å². The first kappa shape index (κ1) is 9.72. The zero-order valence-electron chi connectivity index (χ0n) is 9.17. The van der Waals surface area contributed by atoms with Crippen LogP contribution in [0.1, 0.15) is 0 Å². The van der Waals surface area contributed by atoms with Crippen LogP contribution in [0.15, 0.2) is 48.7 Å². The van der Waals surface area contributed by atoms with Gasteiger partial charge in [-0.15, -0.1) is 0 Å². The van der Waals surface area contributed by atoms with E-state index in [-0.39, 0.29) is 0 Å². The summed E-state index contributed by atoms with van der Waals surface area (Å²) in [5.74, 6) is 1.43. The fraction of sp³-hybridized carbons (Fsp3) is 0. The van der Waals surface area contributed by atoms with Gasteiger partial charge in [-0.2, -0.15) is 0 Å². The quantitative estimate of drug-likeness (QED) is 0.622. The van der Waals surface area contributed by atoms with Crippen LogP contribution in [0.4, 0.5) is 11.5 Å². The Balaban J connectivity index is 2.36. The highest BCUT2D eigenvalue weighted by Crippen LogP contribution is 2.26. The number of nitrogens with zero attached hydrogens (tertiary/aromatic N) is 2. The Morgan fingerprint density at radius 3 is 2.59 bits per heavy atom. The van der Waals surface area contributed by atoms with Crippen molar-refractivity contribution in [1.82, 2.24) is 9.38 Å². The molecule has 84 valence electrons. The smallest absolute Gasteiger partial charge is 0.148 e. The van der Waals surface area contributed by atoms with E-state index in [1.165, 1.54) is 0 Å². The molecule has 0 aliphatic rings. The normalized spacial score (nSPS) is 10.8. The zero-order chi connectivity index (χ0) is 11.8. The van der Waals surface area contributed by atoms with E-state index in [4.69, 9.17) is 11.5 Å². The van der Waals surface area contributed by atoms with Gasteiger partial charge in [0.1, 0.15) is 11.6 Å². The fourth-order valence-corrected chi connectivity index (χ4v) is 1.96. The van der Waals surface area contributed by atoms with Crippen molar-refractivity contribution >= 4 is 17.0 Å². The Bertz CT molecular complexity index is 685. The molecule has 2 aromatic heterocycles. The predicted octanol–water partition coefficient (Wildman–Crippen LogP) is 2.17. The van der Waals surface area contributed by atoms with Gasteiger partial charge < -0.3 is 11.5 Å². The molecule has 4 nitrogen and oxygen atoms in total. The number of nitrogen functional groups attached to an aromatic ring is 2.